The van der Waals surface area contributed by atoms with Gasteiger partial charge in [-0.05, 0) is 31.4 Å². The molecule has 84 valence electrons. The number of aromatic nitrogens is 2. The van der Waals surface area contributed by atoms with Gasteiger partial charge in [0.15, 0.2) is 0 Å². The molecule has 0 aliphatic heterocycles. The lowest BCUT2D eigenvalue weighted by atomic mass is 10.2. The smallest absolute Gasteiger partial charge is 0.201 e. The van der Waals surface area contributed by atoms with Gasteiger partial charge in [-0.1, -0.05) is 12.1 Å². The summed E-state index contributed by atoms with van der Waals surface area (Å²) in [4.78, 5) is 7.75. The Balaban J connectivity index is 1.83. The van der Waals surface area contributed by atoms with Crippen molar-refractivity contribution in [2.24, 2.45) is 5.73 Å². The molecule has 0 spiro atoms. The number of nitrogens with zero attached hydrogens (tertiary/aromatic N) is 1. The summed E-state index contributed by atoms with van der Waals surface area (Å²) in [5.74, 6) is 0.837. The highest BCUT2D eigenvalue weighted by atomic mass is 15.1. The highest BCUT2D eigenvalue weighted by Crippen LogP contribution is 2.21. The average molecular weight is 216 g/mol. The van der Waals surface area contributed by atoms with Crippen LogP contribution in [0.1, 0.15) is 19.3 Å². The standard InChI is InChI=1S/C12H16N4/c13-8-4-3-7-9(8)14-12-15-10-5-1-2-6-11(10)16-12/h1-2,5-6,8-9H,3-4,7,13H2,(H2,14,15,16). The third-order valence-corrected chi connectivity index (χ3v) is 3.28. The number of nitrogens with one attached hydrogen (secondary N) is 2. The molecule has 0 amide bonds. The number of rotatable bonds is 2. The predicted molar refractivity (Wildman–Crippen MR) is 65.3 cm³/mol. The number of aromatic amines is 1. The molecule has 1 fully saturated rings. The zero-order valence-electron chi connectivity index (χ0n) is 9.11. The van der Waals surface area contributed by atoms with Crippen molar-refractivity contribution in [3.8, 4) is 0 Å². The molecule has 4 nitrogen and oxygen atoms in total. The zero-order chi connectivity index (χ0) is 11.0. The second-order valence-corrected chi connectivity index (χ2v) is 4.45. The second kappa shape index (κ2) is 3.79. The Morgan fingerprint density at radius 3 is 2.94 bits per heavy atom. The summed E-state index contributed by atoms with van der Waals surface area (Å²) < 4.78 is 0. The van der Waals surface area contributed by atoms with Crippen molar-refractivity contribution in [3.05, 3.63) is 24.3 Å². The third-order valence-electron chi connectivity index (χ3n) is 3.28. The number of nitrogens with two attached hydrogens (primary N) is 1. The van der Waals surface area contributed by atoms with Crippen LogP contribution < -0.4 is 11.1 Å². The maximum absolute atomic E-state index is 6.02. The van der Waals surface area contributed by atoms with Crippen molar-refractivity contribution in [2.75, 3.05) is 5.32 Å². The summed E-state index contributed by atoms with van der Waals surface area (Å²) in [5, 5.41) is 3.39. The summed E-state index contributed by atoms with van der Waals surface area (Å²) in [6, 6.07) is 8.65. The minimum Gasteiger partial charge on any atom is -0.352 e. The van der Waals surface area contributed by atoms with Gasteiger partial charge in [0.2, 0.25) is 5.95 Å². The number of H-pyrrole nitrogens is 1. The number of benzene rings is 1. The molecule has 2 unspecified atom stereocenters. The predicted octanol–water partition coefficient (Wildman–Crippen LogP) is 1.85. The fourth-order valence-electron chi connectivity index (χ4n) is 2.36. The first-order chi connectivity index (χ1) is 7.83. The zero-order valence-corrected chi connectivity index (χ0v) is 9.11. The maximum atomic E-state index is 6.02. The van der Waals surface area contributed by atoms with Crippen molar-refractivity contribution in [2.45, 2.75) is 31.3 Å². The molecule has 4 heteroatoms. The van der Waals surface area contributed by atoms with E-state index in [1.165, 1.54) is 6.42 Å². The lowest BCUT2D eigenvalue weighted by Gasteiger charge is -2.15. The molecule has 0 bridgehead atoms. The summed E-state index contributed by atoms with van der Waals surface area (Å²) in [6.07, 6.45) is 3.45. The van der Waals surface area contributed by atoms with Crippen molar-refractivity contribution in [1.82, 2.24) is 9.97 Å². The number of hydrogen-bond donors (Lipinski definition) is 3. The van der Waals surface area contributed by atoms with Crippen molar-refractivity contribution in [1.29, 1.82) is 0 Å². The van der Waals surface area contributed by atoms with Gasteiger partial charge in [-0.2, -0.15) is 0 Å². The Kier molecular flexibility index (Phi) is 2.29. The van der Waals surface area contributed by atoms with Gasteiger partial charge >= 0.3 is 0 Å². The van der Waals surface area contributed by atoms with E-state index >= 15 is 0 Å². The minimum atomic E-state index is 0.258. The molecule has 1 aromatic heterocycles. The van der Waals surface area contributed by atoms with Crippen LogP contribution in [0.4, 0.5) is 5.95 Å². The molecule has 0 radical (unpaired) electrons. The minimum absolute atomic E-state index is 0.258. The summed E-state index contributed by atoms with van der Waals surface area (Å²) in [6.45, 7) is 0. The highest BCUT2D eigenvalue weighted by molar-refractivity contribution is 5.77. The monoisotopic (exact) mass is 216 g/mol. The lowest BCUT2D eigenvalue weighted by Crippen LogP contribution is -2.35. The Bertz CT molecular complexity index is 457. The quantitative estimate of drug-likeness (QED) is 0.717. The van der Waals surface area contributed by atoms with Crippen LogP contribution in [0, 0.1) is 0 Å². The summed E-state index contributed by atoms with van der Waals surface area (Å²) in [7, 11) is 0. The van der Waals surface area contributed by atoms with Crippen LogP contribution in [0.15, 0.2) is 24.3 Å². The van der Waals surface area contributed by atoms with Crippen molar-refractivity contribution >= 4 is 17.0 Å². The first-order valence-electron chi connectivity index (χ1n) is 5.80. The third kappa shape index (κ3) is 1.65. The maximum Gasteiger partial charge on any atom is 0.201 e. The van der Waals surface area contributed by atoms with Gasteiger partial charge in [0, 0.05) is 12.1 Å². The number of anilines is 1. The first kappa shape index (κ1) is 9.66. The van der Waals surface area contributed by atoms with Gasteiger partial charge in [0.1, 0.15) is 0 Å². The summed E-state index contributed by atoms with van der Waals surface area (Å²) in [5.41, 5.74) is 8.08. The van der Waals surface area contributed by atoms with Crippen LogP contribution in [-0.2, 0) is 0 Å². The molecule has 1 saturated carbocycles. The molecule has 1 aliphatic rings. The lowest BCUT2D eigenvalue weighted by molar-refractivity contribution is 0.634. The molecular weight excluding hydrogens is 200 g/mol. The Hall–Kier alpha value is -1.55. The van der Waals surface area contributed by atoms with Crippen LogP contribution in [0.25, 0.3) is 11.0 Å². The van der Waals surface area contributed by atoms with E-state index in [9.17, 15) is 0 Å². The molecular formula is C12H16N4. The van der Waals surface area contributed by atoms with Gasteiger partial charge in [-0.15, -0.1) is 0 Å². The Morgan fingerprint density at radius 2 is 2.19 bits per heavy atom. The molecule has 4 N–H and O–H groups in total. The van der Waals surface area contributed by atoms with Gasteiger partial charge in [-0.3, -0.25) is 0 Å². The first-order valence-corrected chi connectivity index (χ1v) is 5.80. The average Bonchev–Trinajstić information content (AvgIpc) is 2.85. The molecule has 2 aromatic rings. The van der Waals surface area contributed by atoms with Gasteiger partial charge < -0.3 is 16.0 Å². The normalized spacial score (nSPS) is 25.1. The van der Waals surface area contributed by atoms with Crippen LogP contribution in [0.2, 0.25) is 0 Å². The Morgan fingerprint density at radius 1 is 1.31 bits per heavy atom. The fraction of sp³-hybridized carbons (Fsp3) is 0.417. The molecule has 1 aromatic carbocycles. The fourth-order valence-corrected chi connectivity index (χ4v) is 2.36. The van der Waals surface area contributed by atoms with Crippen LogP contribution in [-0.4, -0.2) is 22.1 Å². The summed E-state index contributed by atoms with van der Waals surface area (Å²) >= 11 is 0. The Labute approximate surface area is 94.3 Å². The van der Waals surface area contributed by atoms with Gasteiger partial charge in [-0.25, -0.2) is 4.98 Å². The molecule has 2 atom stereocenters. The van der Waals surface area contributed by atoms with E-state index in [4.69, 9.17) is 5.73 Å². The largest absolute Gasteiger partial charge is 0.352 e. The SMILES string of the molecule is NC1CCCC1Nc1nc2ccccc2[nH]1. The number of imidazole rings is 1. The van der Waals surface area contributed by atoms with Crippen LogP contribution >= 0.6 is 0 Å². The molecule has 1 heterocycles. The molecule has 1 aliphatic carbocycles. The van der Waals surface area contributed by atoms with E-state index in [2.05, 4.69) is 15.3 Å². The van der Waals surface area contributed by atoms with Gasteiger partial charge in [0.05, 0.1) is 11.0 Å². The van der Waals surface area contributed by atoms with E-state index < -0.39 is 0 Å². The number of para-hydroxylation sites is 2. The van der Waals surface area contributed by atoms with E-state index in [-0.39, 0.29) is 6.04 Å². The van der Waals surface area contributed by atoms with Crippen LogP contribution in [0.5, 0.6) is 0 Å². The molecule has 16 heavy (non-hydrogen) atoms. The van der Waals surface area contributed by atoms with Crippen molar-refractivity contribution in [3.63, 3.8) is 0 Å². The van der Waals surface area contributed by atoms with Crippen LogP contribution in [0.3, 0.4) is 0 Å². The number of hydrogen-bond acceptors (Lipinski definition) is 3. The number of fused-ring (bicyclic) bond motifs is 1. The second-order valence-electron chi connectivity index (χ2n) is 4.45. The van der Waals surface area contributed by atoms with E-state index in [0.717, 1.165) is 29.8 Å². The van der Waals surface area contributed by atoms with Crippen molar-refractivity contribution < 1.29 is 0 Å². The van der Waals surface area contributed by atoms with E-state index in [0.29, 0.717) is 6.04 Å². The molecule has 3 rings (SSSR count). The molecule has 0 saturated heterocycles. The van der Waals surface area contributed by atoms with Gasteiger partial charge in [0.25, 0.3) is 0 Å². The van der Waals surface area contributed by atoms with E-state index in [1.807, 2.05) is 24.3 Å². The van der Waals surface area contributed by atoms with E-state index in [1.54, 1.807) is 0 Å². The highest BCUT2D eigenvalue weighted by Gasteiger charge is 2.24. The topological polar surface area (TPSA) is 66.7 Å².